The molecule has 0 bridgehead atoms. The average molecular weight is 379 g/mol. The number of nitrogens with one attached hydrogen (secondary N) is 1. The maximum absolute atomic E-state index is 13.3. The standard InChI is InChI=1S/C22H19FN2O3/c23-14-8-10-15(11-9-14)25-21(27)17-16-7-4-12-24(16)19(18(17)22(25)28)20(26)13-5-2-1-3-6-13/h1-3,5-6,8-11,16-19H,4,7,12H2/p+1/t16-,17+,18+,19+/m0/s1. The van der Waals surface area contributed by atoms with Crippen molar-refractivity contribution in [3.8, 4) is 0 Å². The van der Waals surface area contributed by atoms with Gasteiger partial charge in [0.2, 0.25) is 17.6 Å². The average Bonchev–Trinajstić information content (AvgIpc) is 3.35. The van der Waals surface area contributed by atoms with Crippen LogP contribution in [0.5, 0.6) is 0 Å². The third-order valence-electron chi connectivity index (χ3n) is 6.47. The van der Waals surface area contributed by atoms with E-state index in [1.54, 1.807) is 12.1 Å². The van der Waals surface area contributed by atoms with Crippen LogP contribution < -0.4 is 9.80 Å². The second-order valence-corrected chi connectivity index (χ2v) is 7.82. The van der Waals surface area contributed by atoms with Crippen LogP contribution in [0.3, 0.4) is 0 Å². The van der Waals surface area contributed by atoms with Gasteiger partial charge in [0, 0.05) is 18.4 Å². The van der Waals surface area contributed by atoms with Crippen molar-refractivity contribution in [3.05, 3.63) is 66.0 Å². The second kappa shape index (κ2) is 6.34. The number of carbonyl (C=O) groups excluding carboxylic acids is 3. The van der Waals surface area contributed by atoms with Crippen LogP contribution in [-0.2, 0) is 9.59 Å². The van der Waals surface area contributed by atoms with Gasteiger partial charge >= 0.3 is 0 Å². The zero-order chi connectivity index (χ0) is 19.4. The van der Waals surface area contributed by atoms with E-state index in [0.29, 0.717) is 11.3 Å². The number of halogens is 1. The van der Waals surface area contributed by atoms with Gasteiger partial charge in [0.15, 0.2) is 6.04 Å². The van der Waals surface area contributed by atoms with Crippen molar-refractivity contribution < 1.29 is 23.7 Å². The molecule has 3 heterocycles. The summed E-state index contributed by atoms with van der Waals surface area (Å²) in [5.41, 5.74) is 0.947. The molecule has 0 saturated carbocycles. The van der Waals surface area contributed by atoms with Crippen LogP contribution in [0.2, 0.25) is 0 Å². The number of fused-ring (bicyclic) bond motifs is 3. The van der Waals surface area contributed by atoms with E-state index in [1.807, 2.05) is 18.2 Å². The lowest BCUT2D eigenvalue weighted by atomic mass is 9.85. The summed E-state index contributed by atoms with van der Waals surface area (Å²) >= 11 is 0. The molecule has 2 aromatic carbocycles. The van der Waals surface area contributed by atoms with E-state index in [9.17, 15) is 18.8 Å². The molecule has 5 atom stereocenters. The Labute approximate surface area is 161 Å². The first-order chi connectivity index (χ1) is 13.6. The van der Waals surface area contributed by atoms with Crippen molar-refractivity contribution in [2.24, 2.45) is 11.8 Å². The third kappa shape index (κ3) is 2.37. The smallest absolute Gasteiger partial charge is 0.244 e. The Balaban J connectivity index is 1.55. The molecule has 2 amide bonds. The van der Waals surface area contributed by atoms with Gasteiger partial charge in [-0.25, -0.2) is 9.29 Å². The quantitative estimate of drug-likeness (QED) is 0.645. The summed E-state index contributed by atoms with van der Waals surface area (Å²) in [5, 5.41) is 0. The third-order valence-corrected chi connectivity index (χ3v) is 6.47. The van der Waals surface area contributed by atoms with Crippen LogP contribution in [-0.4, -0.2) is 36.2 Å². The second-order valence-electron chi connectivity index (χ2n) is 7.82. The van der Waals surface area contributed by atoms with Crippen molar-refractivity contribution in [1.29, 1.82) is 0 Å². The molecule has 3 aliphatic heterocycles. The van der Waals surface area contributed by atoms with Crippen molar-refractivity contribution >= 4 is 23.3 Å². The van der Waals surface area contributed by atoms with Gasteiger partial charge in [0.05, 0.1) is 12.2 Å². The topological polar surface area (TPSA) is 58.9 Å². The van der Waals surface area contributed by atoms with Gasteiger partial charge in [0.25, 0.3) is 0 Å². The SMILES string of the molecule is O=C(c1ccccc1)[C@H]1[C@@H]2C(=O)N(c3ccc(F)cc3)C(=O)[C@@H]2[C@@H]2CCC[NH+]21. The van der Waals surface area contributed by atoms with Gasteiger partial charge in [-0.2, -0.15) is 0 Å². The first-order valence-corrected chi connectivity index (χ1v) is 9.66. The Bertz CT molecular complexity index is 960. The van der Waals surface area contributed by atoms with Crippen LogP contribution in [0.15, 0.2) is 54.6 Å². The maximum Gasteiger partial charge on any atom is 0.244 e. The molecule has 1 N–H and O–H groups in total. The van der Waals surface area contributed by atoms with E-state index in [-0.39, 0.29) is 23.6 Å². The number of carbonyl (C=O) groups is 3. The minimum absolute atomic E-state index is 0.00967. The molecule has 1 unspecified atom stereocenters. The molecule has 0 aliphatic carbocycles. The molecule has 2 aromatic rings. The highest BCUT2D eigenvalue weighted by atomic mass is 19.1. The molecule has 0 aromatic heterocycles. The fraction of sp³-hybridized carbons (Fsp3) is 0.318. The minimum atomic E-state index is -0.648. The Morgan fingerprint density at radius 2 is 1.64 bits per heavy atom. The van der Waals surface area contributed by atoms with Crippen LogP contribution in [0.4, 0.5) is 10.1 Å². The fourth-order valence-electron chi connectivity index (χ4n) is 5.37. The van der Waals surface area contributed by atoms with Gasteiger partial charge in [-0.1, -0.05) is 30.3 Å². The largest absolute Gasteiger partial charge is 0.322 e. The Kier molecular flexibility index (Phi) is 3.91. The molecular weight excluding hydrogens is 359 g/mol. The number of hydrogen-bond acceptors (Lipinski definition) is 3. The highest BCUT2D eigenvalue weighted by Gasteiger charge is 2.68. The fourth-order valence-corrected chi connectivity index (χ4v) is 5.37. The van der Waals surface area contributed by atoms with Gasteiger partial charge < -0.3 is 4.90 Å². The van der Waals surface area contributed by atoms with E-state index in [0.717, 1.165) is 29.2 Å². The number of imide groups is 1. The Morgan fingerprint density at radius 1 is 0.964 bits per heavy atom. The van der Waals surface area contributed by atoms with Crippen molar-refractivity contribution in [2.75, 3.05) is 11.4 Å². The van der Waals surface area contributed by atoms with Crippen LogP contribution in [0, 0.1) is 17.7 Å². The monoisotopic (exact) mass is 379 g/mol. The van der Waals surface area contributed by atoms with E-state index >= 15 is 0 Å². The van der Waals surface area contributed by atoms with Crippen molar-refractivity contribution in [3.63, 3.8) is 0 Å². The lowest BCUT2D eigenvalue weighted by Gasteiger charge is -2.25. The number of amides is 2. The zero-order valence-corrected chi connectivity index (χ0v) is 15.2. The predicted octanol–water partition coefficient (Wildman–Crippen LogP) is 1.24. The van der Waals surface area contributed by atoms with Gasteiger partial charge in [-0.05, 0) is 24.3 Å². The highest BCUT2D eigenvalue weighted by molar-refractivity contribution is 6.24. The molecule has 28 heavy (non-hydrogen) atoms. The van der Waals surface area contributed by atoms with Gasteiger partial charge in [-0.15, -0.1) is 0 Å². The summed E-state index contributed by atoms with van der Waals surface area (Å²) in [4.78, 5) is 42.1. The molecule has 5 rings (SSSR count). The Hall–Kier alpha value is -2.86. The lowest BCUT2D eigenvalue weighted by molar-refractivity contribution is -0.915. The maximum atomic E-state index is 13.3. The molecule has 6 heteroatoms. The van der Waals surface area contributed by atoms with E-state index in [1.165, 1.54) is 24.3 Å². The number of anilines is 1. The van der Waals surface area contributed by atoms with E-state index < -0.39 is 23.7 Å². The minimum Gasteiger partial charge on any atom is -0.322 e. The number of Topliss-reactive ketones (excluding diaryl/α,β-unsaturated/α-hetero) is 1. The van der Waals surface area contributed by atoms with Crippen LogP contribution in [0.25, 0.3) is 0 Å². The van der Waals surface area contributed by atoms with Crippen molar-refractivity contribution in [2.45, 2.75) is 24.9 Å². The predicted molar refractivity (Wildman–Crippen MR) is 99.3 cm³/mol. The number of nitrogens with zero attached hydrogens (tertiary/aromatic N) is 1. The Morgan fingerprint density at radius 3 is 2.36 bits per heavy atom. The molecule has 5 nitrogen and oxygen atoms in total. The van der Waals surface area contributed by atoms with Gasteiger partial charge in [0.1, 0.15) is 23.7 Å². The zero-order valence-electron chi connectivity index (χ0n) is 15.2. The number of quaternary nitrogens is 1. The number of benzene rings is 2. The molecular formula is C22H20FN2O3+. The molecule has 0 spiro atoms. The summed E-state index contributed by atoms with van der Waals surface area (Å²) in [7, 11) is 0. The van der Waals surface area contributed by atoms with Gasteiger partial charge in [-0.3, -0.25) is 14.4 Å². The molecule has 142 valence electrons. The van der Waals surface area contributed by atoms with Crippen molar-refractivity contribution in [1.82, 2.24) is 0 Å². The summed E-state index contributed by atoms with van der Waals surface area (Å²) in [6, 6.07) is 13.8. The van der Waals surface area contributed by atoms with Crippen LogP contribution in [0.1, 0.15) is 23.2 Å². The summed E-state index contributed by atoms with van der Waals surface area (Å²) in [6.07, 6.45) is 1.78. The lowest BCUT2D eigenvalue weighted by Crippen LogP contribution is -3.16. The highest BCUT2D eigenvalue weighted by Crippen LogP contribution is 2.40. The van der Waals surface area contributed by atoms with E-state index in [4.69, 9.17) is 0 Å². The molecule has 3 fully saturated rings. The van der Waals surface area contributed by atoms with E-state index in [2.05, 4.69) is 0 Å². The normalized spacial score (nSPS) is 31.2. The molecule has 3 aliphatic rings. The first kappa shape index (κ1) is 17.3. The number of hydrogen-bond donors (Lipinski definition) is 1. The van der Waals surface area contributed by atoms with Crippen LogP contribution >= 0.6 is 0 Å². The molecule has 0 radical (unpaired) electrons. The summed E-state index contributed by atoms with van der Waals surface area (Å²) in [6.45, 7) is 0.804. The summed E-state index contributed by atoms with van der Waals surface area (Å²) in [5.74, 6) is -2.21. The molecule has 3 saturated heterocycles. The summed E-state index contributed by atoms with van der Waals surface area (Å²) < 4.78 is 13.3. The first-order valence-electron chi connectivity index (χ1n) is 9.66. The number of rotatable bonds is 3. The number of ketones is 1.